The third-order valence-electron chi connectivity index (χ3n) is 1.87. The van der Waals surface area contributed by atoms with Crippen molar-refractivity contribution in [2.24, 2.45) is 0 Å². The van der Waals surface area contributed by atoms with E-state index in [1.54, 1.807) is 10.9 Å². The van der Waals surface area contributed by atoms with Gasteiger partial charge in [0.05, 0.1) is 23.2 Å². The van der Waals surface area contributed by atoms with Gasteiger partial charge in [0.25, 0.3) is 0 Å². The fraction of sp³-hybridized carbons (Fsp3) is 0.125. The van der Waals surface area contributed by atoms with Gasteiger partial charge in [-0.15, -0.1) is 0 Å². The van der Waals surface area contributed by atoms with Gasteiger partial charge in [-0.2, -0.15) is 8.42 Å². The van der Waals surface area contributed by atoms with Gasteiger partial charge in [-0.05, 0) is 12.1 Å². The Labute approximate surface area is 90.3 Å². The van der Waals surface area contributed by atoms with E-state index >= 15 is 0 Å². The number of nitrogens with zero attached hydrogens (tertiary/aromatic N) is 2. The van der Waals surface area contributed by atoms with Gasteiger partial charge in [0.2, 0.25) is 0 Å². The quantitative estimate of drug-likeness (QED) is 0.654. The van der Waals surface area contributed by atoms with E-state index in [0.717, 1.165) is 11.0 Å². The van der Waals surface area contributed by atoms with Crippen molar-refractivity contribution in [3.8, 4) is 0 Å². The van der Waals surface area contributed by atoms with Crippen LogP contribution in [0.2, 0.25) is 0 Å². The Morgan fingerprint density at radius 1 is 1.40 bits per heavy atom. The maximum Gasteiger partial charge on any atom is 0.321 e. The first-order valence-electron chi connectivity index (χ1n) is 4.08. The van der Waals surface area contributed by atoms with Crippen LogP contribution in [-0.2, 0) is 15.0 Å². The van der Waals surface area contributed by atoms with Crippen molar-refractivity contribution in [3.63, 3.8) is 0 Å². The molecule has 0 aliphatic carbocycles. The molecule has 0 amide bonds. The zero-order valence-electron chi connectivity index (χ0n) is 7.57. The number of fused-ring (bicyclic) bond motifs is 1. The molecule has 0 fully saturated rings. The maximum atomic E-state index is 10.5. The topological polar surface area (TPSA) is 72.2 Å². The molecule has 0 unspecified atom stereocenters. The standard InChI is InChI=1S/C8H8N2O3S2/c11-15(12,13)14-6-10-5-9-7-3-1-2-4-8(7)10/h1-5H,6H2,(H,11,12,13). The first kappa shape index (κ1) is 10.5. The Morgan fingerprint density at radius 2 is 2.13 bits per heavy atom. The first-order valence-corrected chi connectivity index (χ1v) is 7.02. The monoisotopic (exact) mass is 244 g/mol. The third kappa shape index (κ3) is 2.49. The van der Waals surface area contributed by atoms with Crippen LogP contribution in [-0.4, -0.2) is 22.5 Å². The van der Waals surface area contributed by atoms with Gasteiger partial charge in [-0.3, -0.25) is 4.55 Å². The molecule has 80 valence electrons. The summed E-state index contributed by atoms with van der Waals surface area (Å²) in [4.78, 5) is 4.09. The second-order valence-electron chi connectivity index (χ2n) is 2.88. The van der Waals surface area contributed by atoms with Crippen LogP contribution in [0.4, 0.5) is 0 Å². The van der Waals surface area contributed by atoms with Crippen molar-refractivity contribution in [2.45, 2.75) is 5.88 Å². The van der Waals surface area contributed by atoms with Crippen molar-refractivity contribution in [3.05, 3.63) is 30.6 Å². The first-order chi connectivity index (χ1) is 7.06. The molecule has 0 aliphatic rings. The largest absolute Gasteiger partial charge is 0.321 e. The Bertz CT molecular complexity index is 576. The van der Waals surface area contributed by atoms with Gasteiger partial charge < -0.3 is 4.57 Å². The van der Waals surface area contributed by atoms with E-state index in [9.17, 15) is 8.42 Å². The number of hydrogen-bond donors (Lipinski definition) is 1. The van der Waals surface area contributed by atoms with Crippen LogP contribution in [0.1, 0.15) is 0 Å². The molecule has 0 bridgehead atoms. The minimum Gasteiger partial charge on any atom is -0.320 e. The van der Waals surface area contributed by atoms with Gasteiger partial charge in [-0.1, -0.05) is 12.1 Å². The average molecular weight is 244 g/mol. The second kappa shape index (κ2) is 3.84. The molecule has 1 heterocycles. The molecule has 7 heteroatoms. The molecule has 0 saturated heterocycles. The molecule has 1 aromatic carbocycles. The van der Waals surface area contributed by atoms with Crippen molar-refractivity contribution in [1.82, 2.24) is 9.55 Å². The van der Waals surface area contributed by atoms with Crippen LogP contribution >= 0.6 is 10.8 Å². The molecule has 0 saturated carbocycles. The number of benzene rings is 1. The average Bonchev–Trinajstić information content (AvgIpc) is 2.57. The van der Waals surface area contributed by atoms with E-state index in [4.69, 9.17) is 4.55 Å². The lowest BCUT2D eigenvalue weighted by molar-refractivity contribution is 0.502. The number of aromatic nitrogens is 2. The Balaban J connectivity index is 2.29. The molecular weight excluding hydrogens is 236 g/mol. The highest BCUT2D eigenvalue weighted by atomic mass is 33.1. The van der Waals surface area contributed by atoms with E-state index in [1.165, 1.54) is 0 Å². The molecule has 15 heavy (non-hydrogen) atoms. The normalized spacial score (nSPS) is 12.1. The summed E-state index contributed by atoms with van der Waals surface area (Å²) in [6.07, 6.45) is 1.54. The lowest BCUT2D eigenvalue weighted by Crippen LogP contribution is -1.97. The number of imidazole rings is 1. The number of rotatable bonds is 3. The molecule has 0 aliphatic heterocycles. The molecule has 1 aromatic heterocycles. The summed E-state index contributed by atoms with van der Waals surface area (Å²) >= 11 is 0. The Kier molecular flexibility index (Phi) is 2.68. The smallest absolute Gasteiger partial charge is 0.320 e. The molecule has 0 radical (unpaired) electrons. The summed E-state index contributed by atoms with van der Waals surface area (Å²) < 4.78 is 31.3. The SMILES string of the molecule is O=S(=O)(O)SCn1cnc2ccccc21. The Morgan fingerprint density at radius 3 is 2.87 bits per heavy atom. The second-order valence-corrected chi connectivity index (χ2v) is 6.20. The van der Waals surface area contributed by atoms with Crippen molar-refractivity contribution < 1.29 is 13.0 Å². The van der Waals surface area contributed by atoms with Crippen molar-refractivity contribution in [1.29, 1.82) is 0 Å². The van der Waals surface area contributed by atoms with Gasteiger partial charge >= 0.3 is 9.15 Å². The molecular formula is C8H8N2O3S2. The van der Waals surface area contributed by atoms with Crippen molar-refractivity contribution in [2.75, 3.05) is 0 Å². The minimum atomic E-state index is -4.00. The molecule has 1 N–H and O–H groups in total. The van der Waals surface area contributed by atoms with Gasteiger partial charge in [-0.25, -0.2) is 4.98 Å². The predicted molar refractivity (Wildman–Crippen MR) is 58.9 cm³/mol. The highest BCUT2D eigenvalue weighted by Crippen LogP contribution is 2.17. The van der Waals surface area contributed by atoms with E-state index in [0.29, 0.717) is 10.8 Å². The van der Waals surface area contributed by atoms with Crippen LogP contribution < -0.4 is 0 Å². The van der Waals surface area contributed by atoms with E-state index < -0.39 is 9.15 Å². The third-order valence-corrected chi connectivity index (χ3v) is 3.76. The van der Waals surface area contributed by atoms with Crippen molar-refractivity contribution >= 4 is 31.0 Å². The predicted octanol–water partition coefficient (Wildman–Crippen LogP) is 1.53. The van der Waals surface area contributed by atoms with Gasteiger partial charge in [0, 0.05) is 10.8 Å². The van der Waals surface area contributed by atoms with Gasteiger partial charge in [0.15, 0.2) is 0 Å². The summed E-state index contributed by atoms with van der Waals surface area (Å²) in [5, 5.41) is 0. The highest BCUT2D eigenvalue weighted by molar-refractivity contribution is 8.69. The summed E-state index contributed by atoms with van der Waals surface area (Å²) in [7, 11) is -3.54. The fourth-order valence-corrected chi connectivity index (χ4v) is 2.43. The minimum absolute atomic E-state index is 0.124. The molecule has 2 aromatic rings. The molecule has 5 nitrogen and oxygen atoms in total. The molecule has 2 rings (SSSR count). The zero-order valence-corrected chi connectivity index (χ0v) is 9.20. The van der Waals surface area contributed by atoms with Crippen LogP contribution in [0.3, 0.4) is 0 Å². The van der Waals surface area contributed by atoms with E-state index in [1.807, 2.05) is 24.3 Å². The zero-order chi connectivity index (χ0) is 10.9. The van der Waals surface area contributed by atoms with Gasteiger partial charge in [0.1, 0.15) is 0 Å². The number of hydrogen-bond acceptors (Lipinski definition) is 4. The van der Waals surface area contributed by atoms with Crippen LogP contribution in [0, 0.1) is 0 Å². The molecule has 0 atom stereocenters. The Hall–Kier alpha value is -1.05. The van der Waals surface area contributed by atoms with E-state index in [2.05, 4.69) is 4.98 Å². The maximum absolute atomic E-state index is 10.5. The molecule has 0 spiro atoms. The highest BCUT2D eigenvalue weighted by Gasteiger charge is 2.07. The number of para-hydroxylation sites is 2. The van der Waals surface area contributed by atoms with Crippen LogP contribution in [0.15, 0.2) is 30.6 Å². The van der Waals surface area contributed by atoms with Crippen LogP contribution in [0.25, 0.3) is 11.0 Å². The van der Waals surface area contributed by atoms with E-state index in [-0.39, 0.29) is 5.88 Å². The lowest BCUT2D eigenvalue weighted by atomic mass is 10.3. The summed E-state index contributed by atoms with van der Waals surface area (Å²) in [5.74, 6) is 0.124. The summed E-state index contributed by atoms with van der Waals surface area (Å²) in [5.41, 5.74) is 1.64. The lowest BCUT2D eigenvalue weighted by Gasteiger charge is -2.00. The van der Waals surface area contributed by atoms with Crippen LogP contribution in [0.5, 0.6) is 0 Å². The fourth-order valence-electron chi connectivity index (χ4n) is 1.24. The summed E-state index contributed by atoms with van der Waals surface area (Å²) in [6.45, 7) is 0. The summed E-state index contributed by atoms with van der Waals surface area (Å²) in [6, 6.07) is 7.38.